The van der Waals surface area contributed by atoms with Crippen LogP contribution in [0.3, 0.4) is 0 Å². The number of hydrogen-bond acceptors (Lipinski definition) is 5. The molecule has 1 saturated heterocycles. The Hall–Kier alpha value is -3.55. The van der Waals surface area contributed by atoms with Crippen LogP contribution >= 0.6 is 34.8 Å². The number of carbonyl (C=O) groups is 1. The highest BCUT2D eigenvalue weighted by Crippen LogP contribution is 2.34. The lowest BCUT2D eigenvalue weighted by atomic mass is 10.1. The molecule has 1 aromatic heterocycles. The van der Waals surface area contributed by atoms with E-state index in [1.54, 1.807) is 24.4 Å². The van der Waals surface area contributed by atoms with E-state index in [2.05, 4.69) is 9.88 Å². The van der Waals surface area contributed by atoms with Gasteiger partial charge in [0.05, 0.1) is 11.2 Å². The van der Waals surface area contributed by atoms with Crippen LogP contribution in [0.1, 0.15) is 29.2 Å². The maximum atomic E-state index is 13.2. The maximum Gasteiger partial charge on any atom is 0.249 e. The first-order valence-electron chi connectivity index (χ1n) is 14.0. The van der Waals surface area contributed by atoms with E-state index < -0.39 is 0 Å². The molecule has 5 rings (SSSR count). The van der Waals surface area contributed by atoms with Crippen LogP contribution in [0.25, 0.3) is 6.08 Å². The van der Waals surface area contributed by atoms with Crippen LogP contribution in [0.4, 0.5) is 0 Å². The van der Waals surface area contributed by atoms with Crippen molar-refractivity contribution >= 4 is 46.8 Å². The fourth-order valence-corrected chi connectivity index (χ4v) is 5.51. The Balaban J connectivity index is 1.16. The third-order valence-corrected chi connectivity index (χ3v) is 8.12. The normalized spacial score (nSPS) is 14.1. The molecule has 3 aromatic carbocycles. The average molecular weight is 637 g/mol. The van der Waals surface area contributed by atoms with E-state index in [0.29, 0.717) is 52.7 Å². The topological polar surface area (TPSA) is 54.9 Å². The molecular weight excluding hydrogens is 605 g/mol. The van der Waals surface area contributed by atoms with Gasteiger partial charge in [0.15, 0.2) is 5.75 Å². The van der Waals surface area contributed by atoms with E-state index in [9.17, 15) is 4.79 Å². The lowest BCUT2D eigenvalue weighted by Crippen LogP contribution is -2.48. The van der Waals surface area contributed by atoms with Gasteiger partial charge < -0.3 is 14.4 Å². The van der Waals surface area contributed by atoms with E-state index in [0.717, 1.165) is 41.3 Å². The third-order valence-electron chi connectivity index (χ3n) is 7.22. The van der Waals surface area contributed by atoms with E-state index in [4.69, 9.17) is 44.3 Å². The number of carbonyl (C=O) groups excluding carboxylic acids is 1. The molecule has 9 heteroatoms. The molecule has 0 atom stereocenters. The van der Waals surface area contributed by atoms with Crippen molar-refractivity contribution in [1.82, 2.24) is 14.8 Å². The van der Waals surface area contributed by atoms with Gasteiger partial charge in [-0.3, -0.25) is 9.69 Å². The van der Waals surface area contributed by atoms with Gasteiger partial charge in [0.2, 0.25) is 11.8 Å². The van der Waals surface area contributed by atoms with Crippen molar-refractivity contribution in [3.8, 4) is 17.4 Å². The van der Waals surface area contributed by atoms with E-state index in [1.165, 1.54) is 5.56 Å². The molecule has 0 N–H and O–H groups in total. The van der Waals surface area contributed by atoms with Gasteiger partial charge in [-0.15, -0.1) is 0 Å². The minimum absolute atomic E-state index is 0.0290. The summed E-state index contributed by atoms with van der Waals surface area (Å²) in [6.07, 6.45) is 3.47. The van der Waals surface area contributed by atoms with Crippen molar-refractivity contribution in [3.05, 3.63) is 122 Å². The summed E-state index contributed by atoms with van der Waals surface area (Å²) in [6.45, 7) is 7.94. The second-order valence-electron chi connectivity index (χ2n) is 10.5. The van der Waals surface area contributed by atoms with Crippen LogP contribution < -0.4 is 9.47 Å². The Morgan fingerprint density at radius 3 is 2.35 bits per heavy atom. The molecule has 4 aromatic rings. The molecule has 0 radical (unpaired) electrons. The molecule has 6 nitrogen and oxygen atoms in total. The summed E-state index contributed by atoms with van der Waals surface area (Å²) in [5.74, 6) is 1.52. The molecule has 1 aliphatic heterocycles. The van der Waals surface area contributed by atoms with Crippen molar-refractivity contribution in [2.24, 2.45) is 0 Å². The molecule has 2 heterocycles. The molecule has 1 fully saturated rings. The highest BCUT2D eigenvalue weighted by Gasteiger charge is 2.22. The largest absolute Gasteiger partial charge is 0.487 e. The molecule has 43 heavy (non-hydrogen) atoms. The lowest BCUT2D eigenvalue weighted by molar-refractivity contribution is -0.128. The van der Waals surface area contributed by atoms with E-state index >= 15 is 0 Å². The van der Waals surface area contributed by atoms with Crippen LogP contribution in [0.5, 0.6) is 17.4 Å². The summed E-state index contributed by atoms with van der Waals surface area (Å²) >= 11 is 18.8. The number of rotatable bonds is 9. The number of halogens is 3. The summed E-state index contributed by atoms with van der Waals surface area (Å²) in [6, 6.07) is 22.7. The fourth-order valence-electron chi connectivity index (χ4n) is 4.88. The quantitative estimate of drug-likeness (QED) is 0.173. The second-order valence-corrected chi connectivity index (χ2v) is 11.7. The Bertz CT molecular complexity index is 1580. The number of benzene rings is 3. The van der Waals surface area contributed by atoms with Gasteiger partial charge in [-0.1, -0.05) is 65.1 Å². The number of aromatic nitrogens is 1. The van der Waals surface area contributed by atoms with Crippen LogP contribution in [-0.4, -0.2) is 46.9 Å². The van der Waals surface area contributed by atoms with Crippen molar-refractivity contribution in [3.63, 3.8) is 0 Å². The van der Waals surface area contributed by atoms with Crippen LogP contribution in [-0.2, 0) is 17.9 Å². The maximum absolute atomic E-state index is 13.2. The van der Waals surface area contributed by atoms with Gasteiger partial charge in [0.1, 0.15) is 12.4 Å². The predicted molar refractivity (Wildman–Crippen MR) is 173 cm³/mol. The van der Waals surface area contributed by atoms with Crippen molar-refractivity contribution in [2.75, 3.05) is 26.2 Å². The standard InChI is InChI=1S/C34H32Cl3N3O3/c1-23-17-26(18-24(2)34(41)40-15-13-39(14-16-40)21-25-7-9-28(35)10-8-25)19-31(37)33(23)43-32-12-11-29(20-38-32)42-22-27-5-3-4-6-30(27)36/h3-12,17-20H,13-16,21-22H2,1-2H3/b24-18+. The molecule has 222 valence electrons. The van der Waals surface area contributed by atoms with Crippen LogP contribution in [0.2, 0.25) is 15.1 Å². The first kappa shape index (κ1) is 30.9. The number of piperazine rings is 1. The van der Waals surface area contributed by atoms with Crippen molar-refractivity contribution in [1.29, 1.82) is 0 Å². The second kappa shape index (κ2) is 14.3. The zero-order valence-electron chi connectivity index (χ0n) is 24.0. The predicted octanol–water partition coefficient (Wildman–Crippen LogP) is 8.47. The van der Waals surface area contributed by atoms with Crippen LogP contribution in [0, 0.1) is 6.92 Å². The van der Waals surface area contributed by atoms with Gasteiger partial charge in [0, 0.05) is 60.0 Å². The number of nitrogens with zero attached hydrogens (tertiary/aromatic N) is 3. The molecular formula is C34H32Cl3N3O3. The summed E-state index contributed by atoms with van der Waals surface area (Å²) in [5, 5.41) is 1.82. The number of hydrogen-bond donors (Lipinski definition) is 0. The van der Waals surface area contributed by atoms with Crippen molar-refractivity contribution < 1.29 is 14.3 Å². The molecule has 1 aliphatic rings. The minimum Gasteiger partial charge on any atom is -0.487 e. The summed E-state index contributed by atoms with van der Waals surface area (Å²) in [7, 11) is 0. The van der Waals surface area contributed by atoms with E-state index in [-0.39, 0.29) is 5.91 Å². The van der Waals surface area contributed by atoms with Gasteiger partial charge in [0.25, 0.3) is 0 Å². The lowest BCUT2D eigenvalue weighted by Gasteiger charge is -2.35. The van der Waals surface area contributed by atoms with E-state index in [1.807, 2.05) is 79.4 Å². The zero-order chi connectivity index (χ0) is 30.3. The molecule has 0 saturated carbocycles. The first-order chi connectivity index (χ1) is 20.7. The van der Waals surface area contributed by atoms with Crippen molar-refractivity contribution in [2.45, 2.75) is 27.0 Å². The van der Waals surface area contributed by atoms with Gasteiger partial charge in [-0.05, 0) is 73.0 Å². The monoisotopic (exact) mass is 635 g/mol. The summed E-state index contributed by atoms with van der Waals surface area (Å²) in [5.41, 5.74) is 4.43. The highest BCUT2D eigenvalue weighted by molar-refractivity contribution is 6.32. The Kier molecular flexibility index (Phi) is 10.3. The first-order valence-corrected chi connectivity index (χ1v) is 15.1. The highest BCUT2D eigenvalue weighted by atomic mass is 35.5. The molecule has 0 spiro atoms. The molecule has 1 amide bonds. The molecule has 0 unspecified atom stereocenters. The Morgan fingerprint density at radius 1 is 0.930 bits per heavy atom. The minimum atomic E-state index is 0.0290. The molecule has 0 bridgehead atoms. The Labute approximate surface area is 267 Å². The summed E-state index contributed by atoms with van der Waals surface area (Å²) in [4.78, 5) is 21.8. The third kappa shape index (κ3) is 8.30. The van der Waals surface area contributed by atoms with Gasteiger partial charge >= 0.3 is 0 Å². The van der Waals surface area contributed by atoms with Gasteiger partial charge in [-0.2, -0.15) is 0 Å². The molecule has 0 aliphatic carbocycles. The fraction of sp³-hybridized carbons (Fsp3) is 0.235. The number of amides is 1. The number of ether oxygens (including phenoxy) is 2. The Morgan fingerprint density at radius 2 is 1.67 bits per heavy atom. The van der Waals surface area contributed by atoms with Crippen LogP contribution in [0.15, 0.2) is 84.6 Å². The summed E-state index contributed by atoms with van der Waals surface area (Å²) < 4.78 is 11.8. The zero-order valence-corrected chi connectivity index (χ0v) is 26.3. The smallest absolute Gasteiger partial charge is 0.249 e. The number of aryl methyl sites for hydroxylation is 1. The number of pyridine rings is 1. The SMILES string of the molecule is C/C(=C\c1cc(C)c(Oc2ccc(OCc3ccccc3Cl)cn2)c(Cl)c1)C(=O)N1CCN(Cc2ccc(Cl)cc2)CC1. The van der Waals surface area contributed by atoms with Gasteiger partial charge in [-0.25, -0.2) is 4.98 Å². The average Bonchev–Trinajstić information content (AvgIpc) is 3.00.